The summed E-state index contributed by atoms with van der Waals surface area (Å²) in [5, 5.41) is 13.8. The van der Waals surface area contributed by atoms with E-state index in [1.54, 1.807) is 0 Å². The molecule has 3 aromatic rings. The zero-order valence-electron chi connectivity index (χ0n) is 13.5. The molecule has 2 aromatic heterocycles. The Hall–Kier alpha value is -2.27. The summed E-state index contributed by atoms with van der Waals surface area (Å²) < 4.78 is 2.09. The largest absolute Gasteiger partial charge is 0.396 e. The molecular weight excluding hydrogens is 300 g/mol. The minimum Gasteiger partial charge on any atom is -0.396 e. The number of aliphatic hydroxyl groups excluding tert-OH is 1. The molecule has 0 unspecified atom stereocenters. The van der Waals surface area contributed by atoms with E-state index < -0.39 is 0 Å². The SMILES string of the molecule is OCC1CC2(C1)CC(n1cc(-c3cnc4ccccc4n3)cn1)C2. The van der Waals surface area contributed by atoms with E-state index in [1.165, 1.54) is 25.7 Å². The molecule has 0 saturated heterocycles. The molecule has 0 amide bonds. The van der Waals surface area contributed by atoms with Crippen LogP contribution in [-0.4, -0.2) is 31.5 Å². The molecule has 24 heavy (non-hydrogen) atoms. The fraction of sp³-hybridized carbons (Fsp3) is 0.421. The average Bonchev–Trinajstić information content (AvgIpc) is 3.02. The van der Waals surface area contributed by atoms with Crippen LogP contribution in [0.2, 0.25) is 0 Å². The average molecular weight is 320 g/mol. The van der Waals surface area contributed by atoms with E-state index in [-0.39, 0.29) is 0 Å². The first-order chi connectivity index (χ1) is 11.7. The van der Waals surface area contributed by atoms with Gasteiger partial charge in [-0.15, -0.1) is 0 Å². The van der Waals surface area contributed by atoms with Crippen LogP contribution < -0.4 is 0 Å². The van der Waals surface area contributed by atoms with Crippen molar-refractivity contribution in [2.75, 3.05) is 6.61 Å². The second kappa shape index (κ2) is 5.11. The third kappa shape index (κ3) is 2.15. The van der Waals surface area contributed by atoms with Crippen LogP contribution in [0.25, 0.3) is 22.3 Å². The minimum atomic E-state index is 0.346. The predicted octanol–water partition coefficient (Wildman–Crippen LogP) is 3.22. The molecule has 2 aliphatic rings. The number of nitrogens with zero attached hydrogens (tertiary/aromatic N) is 4. The fourth-order valence-electron chi connectivity index (χ4n) is 4.52. The van der Waals surface area contributed by atoms with Crippen LogP contribution in [0, 0.1) is 11.3 Å². The van der Waals surface area contributed by atoms with Crippen molar-refractivity contribution >= 4 is 11.0 Å². The van der Waals surface area contributed by atoms with E-state index in [4.69, 9.17) is 4.98 Å². The zero-order valence-corrected chi connectivity index (χ0v) is 13.5. The normalized spacial score (nSPS) is 28.7. The lowest BCUT2D eigenvalue weighted by molar-refractivity contribution is -0.0802. The monoisotopic (exact) mass is 320 g/mol. The topological polar surface area (TPSA) is 63.8 Å². The van der Waals surface area contributed by atoms with E-state index in [9.17, 15) is 5.11 Å². The number of hydrogen-bond donors (Lipinski definition) is 1. The summed E-state index contributed by atoms with van der Waals surface area (Å²) in [5.41, 5.74) is 4.22. The van der Waals surface area contributed by atoms with Crippen LogP contribution in [0.1, 0.15) is 31.7 Å². The van der Waals surface area contributed by atoms with E-state index in [2.05, 4.69) is 21.0 Å². The van der Waals surface area contributed by atoms with Gasteiger partial charge >= 0.3 is 0 Å². The maximum absolute atomic E-state index is 9.20. The van der Waals surface area contributed by atoms with Gasteiger partial charge in [0.25, 0.3) is 0 Å². The first kappa shape index (κ1) is 14.1. The lowest BCUT2D eigenvalue weighted by Gasteiger charge is -2.57. The Morgan fingerprint density at radius 3 is 2.67 bits per heavy atom. The first-order valence-electron chi connectivity index (χ1n) is 8.62. The number of fused-ring (bicyclic) bond motifs is 1. The fourth-order valence-corrected chi connectivity index (χ4v) is 4.52. The van der Waals surface area contributed by atoms with Crippen molar-refractivity contribution in [1.82, 2.24) is 19.7 Å². The quantitative estimate of drug-likeness (QED) is 0.805. The van der Waals surface area contributed by atoms with Gasteiger partial charge in [-0.1, -0.05) is 12.1 Å². The number of para-hydroxylation sites is 2. The van der Waals surface area contributed by atoms with E-state index in [1.807, 2.05) is 36.7 Å². The van der Waals surface area contributed by atoms with Crippen molar-refractivity contribution in [3.8, 4) is 11.3 Å². The van der Waals surface area contributed by atoms with Gasteiger partial charge in [-0.25, -0.2) is 4.98 Å². The minimum absolute atomic E-state index is 0.346. The van der Waals surface area contributed by atoms with Crippen LogP contribution in [0.5, 0.6) is 0 Å². The maximum Gasteiger partial charge on any atom is 0.0924 e. The van der Waals surface area contributed by atoms with Gasteiger partial charge in [0.15, 0.2) is 0 Å². The van der Waals surface area contributed by atoms with Crippen LogP contribution in [-0.2, 0) is 0 Å². The molecule has 2 fully saturated rings. The van der Waals surface area contributed by atoms with E-state index in [0.29, 0.717) is 24.0 Å². The van der Waals surface area contributed by atoms with Crippen molar-refractivity contribution in [1.29, 1.82) is 0 Å². The highest BCUT2D eigenvalue weighted by atomic mass is 16.3. The molecule has 2 saturated carbocycles. The van der Waals surface area contributed by atoms with Crippen LogP contribution in [0.15, 0.2) is 42.9 Å². The summed E-state index contributed by atoms with van der Waals surface area (Å²) in [4.78, 5) is 9.18. The van der Waals surface area contributed by atoms with Crippen molar-refractivity contribution < 1.29 is 5.11 Å². The Labute approximate surface area is 140 Å². The summed E-state index contributed by atoms with van der Waals surface area (Å²) in [5.74, 6) is 0.534. The van der Waals surface area contributed by atoms with Crippen molar-refractivity contribution in [3.05, 3.63) is 42.9 Å². The number of hydrogen-bond acceptors (Lipinski definition) is 4. The molecule has 2 aliphatic carbocycles. The molecule has 0 bridgehead atoms. The summed E-state index contributed by atoms with van der Waals surface area (Å²) in [7, 11) is 0. The number of rotatable bonds is 3. The Kier molecular flexibility index (Phi) is 3.00. The lowest BCUT2D eigenvalue weighted by atomic mass is 9.50. The lowest BCUT2D eigenvalue weighted by Crippen LogP contribution is -2.49. The smallest absolute Gasteiger partial charge is 0.0924 e. The third-order valence-electron chi connectivity index (χ3n) is 5.76. The molecule has 5 heteroatoms. The maximum atomic E-state index is 9.20. The molecule has 5 nitrogen and oxygen atoms in total. The van der Waals surface area contributed by atoms with Crippen molar-refractivity contribution in [2.45, 2.75) is 31.7 Å². The Balaban J connectivity index is 1.34. The van der Waals surface area contributed by atoms with Gasteiger partial charge in [-0.3, -0.25) is 9.67 Å². The zero-order chi connectivity index (χ0) is 16.1. The number of aliphatic hydroxyl groups is 1. The molecular formula is C19H20N4O. The molecule has 2 heterocycles. The van der Waals surface area contributed by atoms with E-state index >= 15 is 0 Å². The molecule has 1 aromatic carbocycles. The van der Waals surface area contributed by atoms with Crippen molar-refractivity contribution in [3.63, 3.8) is 0 Å². The van der Waals surface area contributed by atoms with Gasteiger partial charge < -0.3 is 5.11 Å². The molecule has 1 N–H and O–H groups in total. The van der Waals surface area contributed by atoms with Gasteiger partial charge in [0.05, 0.1) is 35.2 Å². The molecule has 5 rings (SSSR count). The Morgan fingerprint density at radius 2 is 1.88 bits per heavy atom. The van der Waals surface area contributed by atoms with Crippen LogP contribution in [0.3, 0.4) is 0 Å². The van der Waals surface area contributed by atoms with Gasteiger partial charge in [0.2, 0.25) is 0 Å². The number of aromatic nitrogens is 4. The van der Waals surface area contributed by atoms with Gasteiger partial charge in [-0.05, 0) is 49.1 Å². The Bertz CT molecular complexity index is 889. The van der Waals surface area contributed by atoms with Crippen molar-refractivity contribution in [2.24, 2.45) is 11.3 Å². The highest BCUT2D eigenvalue weighted by molar-refractivity contribution is 5.76. The summed E-state index contributed by atoms with van der Waals surface area (Å²) in [6, 6.07) is 8.41. The molecule has 0 atom stereocenters. The summed E-state index contributed by atoms with van der Waals surface area (Å²) >= 11 is 0. The second-order valence-corrected chi connectivity index (χ2v) is 7.47. The van der Waals surface area contributed by atoms with Crippen LogP contribution >= 0.6 is 0 Å². The molecule has 0 aliphatic heterocycles. The summed E-state index contributed by atoms with van der Waals surface area (Å²) in [6.45, 7) is 0.346. The molecule has 1 spiro atoms. The predicted molar refractivity (Wildman–Crippen MR) is 91.3 cm³/mol. The second-order valence-electron chi connectivity index (χ2n) is 7.47. The highest BCUT2D eigenvalue weighted by Crippen LogP contribution is 2.62. The van der Waals surface area contributed by atoms with Gasteiger partial charge in [0, 0.05) is 18.4 Å². The number of benzene rings is 1. The Morgan fingerprint density at radius 1 is 1.08 bits per heavy atom. The van der Waals surface area contributed by atoms with Gasteiger partial charge in [0.1, 0.15) is 0 Å². The van der Waals surface area contributed by atoms with Crippen LogP contribution in [0.4, 0.5) is 0 Å². The molecule has 122 valence electrons. The highest BCUT2D eigenvalue weighted by Gasteiger charge is 2.53. The third-order valence-corrected chi connectivity index (χ3v) is 5.76. The van der Waals surface area contributed by atoms with E-state index in [0.717, 1.165) is 22.3 Å². The first-order valence-corrected chi connectivity index (χ1v) is 8.62. The molecule has 0 radical (unpaired) electrons. The standard InChI is InChI=1S/C19H20N4O/c24-12-13-5-19(6-13)7-15(8-19)23-11-14(9-21-23)18-10-20-16-3-1-2-4-17(16)22-18/h1-4,9-11,13,15,24H,5-8,12H2. The van der Waals surface area contributed by atoms with Gasteiger partial charge in [-0.2, -0.15) is 5.10 Å². The summed E-state index contributed by atoms with van der Waals surface area (Å²) in [6.07, 6.45) is 10.6.